The Labute approximate surface area is 123 Å². The van der Waals surface area contributed by atoms with E-state index in [-0.39, 0.29) is 0 Å². The van der Waals surface area contributed by atoms with Crippen LogP contribution < -0.4 is 5.32 Å². The molecular formula is C15H17ClN2S. The van der Waals surface area contributed by atoms with Crippen LogP contribution in [0.5, 0.6) is 0 Å². The van der Waals surface area contributed by atoms with E-state index in [9.17, 15) is 0 Å². The molecule has 0 atom stereocenters. The van der Waals surface area contributed by atoms with Crippen molar-refractivity contribution in [3.8, 4) is 0 Å². The first kappa shape index (κ1) is 14.2. The molecule has 4 heteroatoms. The van der Waals surface area contributed by atoms with Crippen LogP contribution in [0.25, 0.3) is 0 Å². The first-order chi connectivity index (χ1) is 9.31. The molecule has 0 unspecified atom stereocenters. The Morgan fingerprint density at radius 2 is 1.84 bits per heavy atom. The van der Waals surface area contributed by atoms with Crippen LogP contribution in [-0.2, 0) is 11.5 Å². The molecule has 0 aliphatic carbocycles. The highest BCUT2D eigenvalue weighted by Gasteiger charge is 2.04. The summed E-state index contributed by atoms with van der Waals surface area (Å²) in [7, 11) is 0. The van der Waals surface area contributed by atoms with Crippen molar-refractivity contribution in [3.63, 3.8) is 0 Å². The van der Waals surface area contributed by atoms with Gasteiger partial charge in [-0.25, -0.2) is 4.98 Å². The smallest absolute Gasteiger partial charge is 0.129 e. The first-order valence-corrected chi connectivity index (χ1v) is 7.83. The minimum atomic E-state index is 0.841. The maximum atomic E-state index is 6.15. The van der Waals surface area contributed by atoms with Gasteiger partial charge in [0.05, 0.1) is 0 Å². The molecule has 2 rings (SSSR count). The van der Waals surface area contributed by atoms with Crippen LogP contribution >= 0.6 is 23.4 Å². The van der Waals surface area contributed by atoms with E-state index in [2.05, 4.69) is 29.4 Å². The number of anilines is 1. The summed E-state index contributed by atoms with van der Waals surface area (Å²) in [6.07, 6.45) is 1.82. The third-order valence-electron chi connectivity index (χ3n) is 2.71. The Hall–Kier alpha value is -1.19. The molecule has 2 aromatic rings. The number of nitrogens with one attached hydrogen (secondary N) is 1. The van der Waals surface area contributed by atoms with Gasteiger partial charge in [0.15, 0.2) is 0 Å². The minimum Gasteiger partial charge on any atom is -0.370 e. The Morgan fingerprint density at radius 3 is 2.63 bits per heavy atom. The van der Waals surface area contributed by atoms with Crippen LogP contribution in [0.4, 0.5) is 5.82 Å². The largest absolute Gasteiger partial charge is 0.370 e. The number of hydrogen-bond acceptors (Lipinski definition) is 3. The zero-order valence-corrected chi connectivity index (χ0v) is 12.5. The summed E-state index contributed by atoms with van der Waals surface area (Å²) in [6.45, 7) is 2.97. The van der Waals surface area contributed by atoms with E-state index in [0.717, 1.165) is 28.9 Å². The fourth-order valence-corrected chi connectivity index (χ4v) is 3.08. The molecule has 1 aromatic heterocycles. The number of aromatic nitrogens is 1. The summed E-state index contributed by atoms with van der Waals surface area (Å²) in [5, 5.41) is 4.13. The van der Waals surface area contributed by atoms with Gasteiger partial charge in [0.1, 0.15) is 5.82 Å². The van der Waals surface area contributed by atoms with Gasteiger partial charge >= 0.3 is 0 Å². The Bertz CT molecular complexity index is 531. The Kier molecular flexibility index (Phi) is 5.55. The number of pyridine rings is 1. The van der Waals surface area contributed by atoms with Gasteiger partial charge in [-0.05, 0) is 24.6 Å². The number of rotatable bonds is 6. The molecule has 0 radical (unpaired) electrons. The molecule has 1 aromatic carbocycles. The van der Waals surface area contributed by atoms with Gasteiger partial charge in [0, 0.05) is 34.8 Å². The van der Waals surface area contributed by atoms with Crippen LogP contribution in [-0.4, -0.2) is 11.5 Å². The molecule has 0 aliphatic rings. The van der Waals surface area contributed by atoms with E-state index in [0.29, 0.717) is 0 Å². The Morgan fingerprint density at radius 1 is 1.11 bits per heavy atom. The second-order valence-corrected chi connectivity index (χ2v) is 5.52. The molecule has 0 fully saturated rings. The van der Waals surface area contributed by atoms with Crippen molar-refractivity contribution < 1.29 is 0 Å². The monoisotopic (exact) mass is 292 g/mol. The Balaban J connectivity index is 1.94. The van der Waals surface area contributed by atoms with Crippen molar-refractivity contribution >= 4 is 29.2 Å². The molecule has 1 N–H and O–H groups in total. The second-order valence-electron chi connectivity index (χ2n) is 4.13. The maximum absolute atomic E-state index is 6.15. The average Bonchev–Trinajstić information content (AvgIpc) is 2.43. The topological polar surface area (TPSA) is 24.9 Å². The predicted octanol–water partition coefficient (Wildman–Crippen LogP) is 4.60. The fraction of sp³-hybridized carbons (Fsp3) is 0.267. The quantitative estimate of drug-likeness (QED) is 0.842. The highest BCUT2D eigenvalue weighted by Crippen LogP contribution is 2.25. The lowest BCUT2D eigenvalue weighted by Crippen LogP contribution is -2.02. The van der Waals surface area contributed by atoms with E-state index in [1.54, 1.807) is 0 Å². The van der Waals surface area contributed by atoms with Crippen molar-refractivity contribution in [2.24, 2.45) is 0 Å². The molecular weight excluding hydrogens is 276 g/mol. The number of hydrogen-bond donors (Lipinski definition) is 1. The lowest BCUT2D eigenvalue weighted by atomic mass is 10.2. The summed E-state index contributed by atoms with van der Waals surface area (Å²) in [5.41, 5.74) is 2.42. The number of halogens is 1. The van der Waals surface area contributed by atoms with Gasteiger partial charge in [0.25, 0.3) is 0 Å². The lowest BCUT2D eigenvalue weighted by Gasteiger charge is -2.09. The van der Waals surface area contributed by atoms with Crippen molar-refractivity contribution in [1.82, 2.24) is 4.98 Å². The van der Waals surface area contributed by atoms with Gasteiger partial charge in [-0.15, -0.1) is 0 Å². The third-order valence-corrected chi connectivity index (χ3v) is 4.11. The van der Waals surface area contributed by atoms with Crippen molar-refractivity contribution in [3.05, 3.63) is 58.7 Å². The second kappa shape index (κ2) is 7.41. The van der Waals surface area contributed by atoms with Crippen molar-refractivity contribution in [1.29, 1.82) is 0 Å². The predicted molar refractivity (Wildman–Crippen MR) is 84.9 cm³/mol. The van der Waals surface area contributed by atoms with Crippen LogP contribution in [0.15, 0.2) is 42.6 Å². The van der Waals surface area contributed by atoms with E-state index < -0.39 is 0 Å². The van der Waals surface area contributed by atoms with Crippen molar-refractivity contribution in [2.45, 2.75) is 18.4 Å². The zero-order valence-electron chi connectivity index (χ0n) is 10.9. The molecule has 19 heavy (non-hydrogen) atoms. The number of benzene rings is 1. The van der Waals surface area contributed by atoms with Crippen LogP contribution in [0.2, 0.25) is 5.02 Å². The minimum absolute atomic E-state index is 0.841. The first-order valence-electron chi connectivity index (χ1n) is 6.30. The highest BCUT2D eigenvalue weighted by molar-refractivity contribution is 7.97. The lowest BCUT2D eigenvalue weighted by molar-refractivity contribution is 1.13. The van der Waals surface area contributed by atoms with Gasteiger partial charge in [-0.3, -0.25) is 0 Å². The van der Waals surface area contributed by atoms with Gasteiger partial charge in [-0.2, -0.15) is 11.8 Å². The number of thioether (sulfide) groups is 1. The average molecular weight is 293 g/mol. The summed E-state index contributed by atoms with van der Waals surface area (Å²) in [5.74, 6) is 2.83. The van der Waals surface area contributed by atoms with Gasteiger partial charge in [0.2, 0.25) is 0 Å². The van der Waals surface area contributed by atoms with E-state index in [1.807, 2.05) is 42.2 Å². The standard InChI is InChI=1S/C15H17ClN2S/c1-2-17-15-13(7-5-9-18-15)11-19-10-12-6-3-4-8-14(12)16/h3-9H,2,10-11H2,1H3,(H,17,18). The van der Waals surface area contributed by atoms with E-state index >= 15 is 0 Å². The highest BCUT2D eigenvalue weighted by atomic mass is 35.5. The molecule has 0 saturated heterocycles. The molecule has 0 spiro atoms. The third kappa shape index (κ3) is 4.15. The maximum Gasteiger partial charge on any atom is 0.129 e. The fourth-order valence-electron chi connectivity index (χ4n) is 1.77. The van der Waals surface area contributed by atoms with Crippen LogP contribution in [0.3, 0.4) is 0 Å². The molecule has 0 aliphatic heterocycles. The summed E-state index contributed by atoms with van der Waals surface area (Å²) >= 11 is 8.00. The molecule has 0 amide bonds. The van der Waals surface area contributed by atoms with Crippen LogP contribution in [0.1, 0.15) is 18.1 Å². The summed E-state index contributed by atoms with van der Waals surface area (Å²) in [6, 6.07) is 12.1. The molecule has 1 heterocycles. The van der Waals surface area contributed by atoms with Crippen molar-refractivity contribution in [2.75, 3.05) is 11.9 Å². The van der Waals surface area contributed by atoms with Crippen LogP contribution in [0, 0.1) is 0 Å². The number of nitrogens with zero attached hydrogens (tertiary/aromatic N) is 1. The van der Waals surface area contributed by atoms with E-state index in [4.69, 9.17) is 11.6 Å². The normalized spacial score (nSPS) is 10.4. The molecule has 100 valence electrons. The summed E-state index contributed by atoms with van der Waals surface area (Å²) in [4.78, 5) is 4.36. The molecule has 2 nitrogen and oxygen atoms in total. The van der Waals surface area contributed by atoms with Gasteiger partial charge in [-0.1, -0.05) is 35.9 Å². The SMILES string of the molecule is CCNc1ncccc1CSCc1ccccc1Cl. The van der Waals surface area contributed by atoms with Gasteiger partial charge < -0.3 is 5.32 Å². The molecule has 0 bridgehead atoms. The zero-order chi connectivity index (χ0) is 13.5. The molecule has 0 saturated carbocycles. The van der Waals surface area contributed by atoms with E-state index in [1.165, 1.54) is 11.1 Å². The summed E-state index contributed by atoms with van der Waals surface area (Å²) < 4.78 is 0.